The predicted molar refractivity (Wildman–Crippen MR) is 107 cm³/mol. The third kappa shape index (κ3) is 4.33. The molecular formula is C20H22N4O3S. The molecule has 0 unspecified atom stereocenters. The Labute approximate surface area is 166 Å². The van der Waals surface area contributed by atoms with Gasteiger partial charge in [-0.2, -0.15) is 0 Å². The van der Waals surface area contributed by atoms with Crippen LogP contribution < -0.4 is 15.4 Å². The molecule has 0 aliphatic heterocycles. The van der Waals surface area contributed by atoms with Crippen LogP contribution in [0, 0.1) is 5.92 Å². The molecule has 2 N–H and O–H groups in total. The molecule has 146 valence electrons. The number of fused-ring (bicyclic) bond motifs is 1. The summed E-state index contributed by atoms with van der Waals surface area (Å²) in [6.45, 7) is 0.986. The van der Waals surface area contributed by atoms with Gasteiger partial charge in [0.2, 0.25) is 5.91 Å². The van der Waals surface area contributed by atoms with Gasteiger partial charge in [-0.15, -0.1) is 11.3 Å². The number of hydrogen-bond donors (Lipinski definition) is 2. The number of rotatable bonds is 8. The van der Waals surface area contributed by atoms with Crippen LogP contribution in [0.3, 0.4) is 0 Å². The Morgan fingerprint density at radius 1 is 1.25 bits per heavy atom. The molecule has 3 aromatic rings. The average molecular weight is 398 g/mol. The van der Waals surface area contributed by atoms with E-state index in [1.807, 2.05) is 35.7 Å². The van der Waals surface area contributed by atoms with Gasteiger partial charge in [-0.1, -0.05) is 18.2 Å². The Morgan fingerprint density at radius 2 is 2.07 bits per heavy atom. The van der Waals surface area contributed by atoms with Crippen LogP contribution in [0.2, 0.25) is 0 Å². The molecule has 0 atom stereocenters. The summed E-state index contributed by atoms with van der Waals surface area (Å²) in [5.41, 5.74) is 0.611. The lowest BCUT2D eigenvalue weighted by atomic mass is 9.80. The third-order valence-corrected chi connectivity index (χ3v) is 5.77. The summed E-state index contributed by atoms with van der Waals surface area (Å²) in [5, 5.41) is 7.85. The first-order chi connectivity index (χ1) is 13.7. The molecule has 0 radical (unpaired) electrons. The van der Waals surface area contributed by atoms with Gasteiger partial charge in [-0.25, -0.2) is 4.98 Å². The number of nitrogens with zero attached hydrogens (tertiary/aromatic N) is 2. The van der Waals surface area contributed by atoms with Crippen molar-refractivity contribution in [2.75, 3.05) is 13.2 Å². The summed E-state index contributed by atoms with van der Waals surface area (Å²) in [6, 6.07) is 9.66. The predicted octanol–water partition coefficient (Wildman–Crippen LogP) is 2.49. The monoisotopic (exact) mass is 398 g/mol. The fraction of sp³-hybridized carbons (Fsp3) is 0.350. The molecule has 0 spiro atoms. The second kappa shape index (κ2) is 8.43. The van der Waals surface area contributed by atoms with Gasteiger partial charge in [0, 0.05) is 18.0 Å². The van der Waals surface area contributed by atoms with Gasteiger partial charge < -0.3 is 15.4 Å². The average Bonchev–Trinajstić information content (AvgIpc) is 3.27. The van der Waals surface area contributed by atoms with Crippen molar-refractivity contribution in [2.24, 2.45) is 5.92 Å². The molecule has 1 fully saturated rings. The Bertz CT molecular complexity index is 947. The lowest BCUT2D eigenvalue weighted by molar-refractivity contribution is -0.123. The fourth-order valence-electron chi connectivity index (χ4n) is 3.31. The van der Waals surface area contributed by atoms with Crippen molar-refractivity contribution < 1.29 is 14.3 Å². The van der Waals surface area contributed by atoms with Gasteiger partial charge >= 0.3 is 0 Å². The number of aromatic nitrogens is 2. The van der Waals surface area contributed by atoms with Crippen molar-refractivity contribution >= 4 is 28.0 Å². The van der Waals surface area contributed by atoms with Crippen LogP contribution in [0.15, 0.2) is 48.2 Å². The van der Waals surface area contributed by atoms with Crippen molar-refractivity contribution in [3.05, 3.63) is 53.9 Å². The van der Waals surface area contributed by atoms with Crippen LogP contribution in [-0.4, -0.2) is 40.4 Å². The first-order valence-electron chi connectivity index (χ1n) is 9.34. The van der Waals surface area contributed by atoms with Gasteiger partial charge in [0.1, 0.15) is 22.6 Å². The van der Waals surface area contributed by atoms with E-state index in [1.54, 1.807) is 16.9 Å². The molecule has 7 nitrogen and oxygen atoms in total. The maximum Gasteiger partial charge on any atom is 0.269 e. The number of carbonyl (C=O) groups is 2. The Hall–Kier alpha value is -2.87. The van der Waals surface area contributed by atoms with E-state index >= 15 is 0 Å². The van der Waals surface area contributed by atoms with Crippen molar-refractivity contribution in [2.45, 2.75) is 25.3 Å². The minimum absolute atomic E-state index is 0.00388. The summed E-state index contributed by atoms with van der Waals surface area (Å²) in [4.78, 5) is 29.3. The SMILES string of the molecule is O=C(CCOc1ccccc1)NC1CC(CNC(=O)c2csc3cncn23)C1. The molecule has 1 aromatic carbocycles. The van der Waals surface area contributed by atoms with Crippen LogP contribution in [0.1, 0.15) is 29.8 Å². The Morgan fingerprint density at radius 3 is 2.89 bits per heavy atom. The first-order valence-corrected chi connectivity index (χ1v) is 10.2. The Balaban J connectivity index is 1.12. The zero-order valence-corrected chi connectivity index (χ0v) is 16.2. The van der Waals surface area contributed by atoms with Crippen LogP contribution in [0.5, 0.6) is 5.75 Å². The second-order valence-electron chi connectivity index (χ2n) is 6.95. The molecule has 0 bridgehead atoms. The third-order valence-electron chi connectivity index (χ3n) is 4.88. The van der Waals surface area contributed by atoms with E-state index in [9.17, 15) is 9.59 Å². The van der Waals surface area contributed by atoms with Gasteiger partial charge in [-0.3, -0.25) is 14.0 Å². The maximum absolute atomic E-state index is 12.3. The zero-order chi connectivity index (χ0) is 19.3. The van der Waals surface area contributed by atoms with Crippen molar-refractivity contribution in [3.8, 4) is 5.75 Å². The van der Waals surface area contributed by atoms with E-state index in [2.05, 4.69) is 15.6 Å². The number of nitrogens with one attached hydrogen (secondary N) is 2. The maximum atomic E-state index is 12.3. The number of thiazole rings is 1. The highest BCUT2D eigenvalue weighted by Gasteiger charge is 2.30. The first kappa shape index (κ1) is 18.5. The zero-order valence-electron chi connectivity index (χ0n) is 15.3. The molecule has 1 saturated carbocycles. The molecular weight excluding hydrogens is 376 g/mol. The number of ether oxygens (including phenoxy) is 1. The molecule has 28 heavy (non-hydrogen) atoms. The number of imidazole rings is 1. The van der Waals surface area contributed by atoms with Crippen LogP contribution in [-0.2, 0) is 4.79 Å². The van der Waals surface area contributed by atoms with Crippen molar-refractivity contribution in [1.82, 2.24) is 20.0 Å². The van der Waals surface area contributed by atoms with E-state index < -0.39 is 0 Å². The highest BCUT2D eigenvalue weighted by atomic mass is 32.1. The minimum Gasteiger partial charge on any atom is -0.493 e. The quantitative estimate of drug-likeness (QED) is 0.611. The number of amides is 2. The standard InChI is InChI=1S/C20H22N4O3S/c25-18(6-7-27-16-4-2-1-3-5-16)23-15-8-14(9-15)10-22-20(26)17-12-28-19-11-21-13-24(17)19/h1-5,11-15H,6-10H2,(H,22,26)(H,23,25). The lowest BCUT2D eigenvalue weighted by Crippen LogP contribution is -2.48. The smallest absolute Gasteiger partial charge is 0.269 e. The number of hydrogen-bond acceptors (Lipinski definition) is 5. The molecule has 4 rings (SSSR count). The van der Waals surface area contributed by atoms with E-state index in [0.29, 0.717) is 31.2 Å². The summed E-state index contributed by atoms with van der Waals surface area (Å²) in [6.07, 6.45) is 5.50. The van der Waals surface area contributed by atoms with Crippen LogP contribution in [0.25, 0.3) is 4.83 Å². The summed E-state index contributed by atoms with van der Waals surface area (Å²) >= 11 is 1.50. The van der Waals surface area contributed by atoms with E-state index in [1.165, 1.54) is 11.3 Å². The number of benzene rings is 1. The molecule has 0 saturated heterocycles. The molecule has 2 aromatic heterocycles. The molecule has 2 heterocycles. The summed E-state index contributed by atoms with van der Waals surface area (Å²) in [5.74, 6) is 1.08. The topological polar surface area (TPSA) is 84.7 Å². The molecule has 2 amide bonds. The molecule has 8 heteroatoms. The Kier molecular flexibility index (Phi) is 5.57. The van der Waals surface area contributed by atoms with E-state index in [4.69, 9.17) is 4.74 Å². The summed E-state index contributed by atoms with van der Waals surface area (Å²) in [7, 11) is 0. The fourth-order valence-corrected chi connectivity index (χ4v) is 4.15. The second-order valence-corrected chi connectivity index (χ2v) is 7.84. The van der Waals surface area contributed by atoms with Gasteiger partial charge in [0.05, 0.1) is 19.2 Å². The van der Waals surface area contributed by atoms with Crippen LogP contribution >= 0.6 is 11.3 Å². The van der Waals surface area contributed by atoms with E-state index in [0.717, 1.165) is 23.4 Å². The molecule has 1 aliphatic rings. The molecule has 1 aliphatic carbocycles. The number of carbonyl (C=O) groups excluding carboxylic acids is 2. The number of para-hydroxylation sites is 1. The van der Waals surface area contributed by atoms with Gasteiger partial charge in [0.15, 0.2) is 0 Å². The highest BCUT2D eigenvalue weighted by molar-refractivity contribution is 7.15. The van der Waals surface area contributed by atoms with Crippen LogP contribution in [0.4, 0.5) is 0 Å². The van der Waals surface area contributed by atoms with Crippen molar-refractivity contribution in [1.29, 1.82) is 0 Å². The van der Waals surface area contributed by atoms with Crippen molar-refractivity contribution in [3.63, 3.8) is 0 Å². The van der Waals surface area contributed by atoms with Gasteiger partial charge in [-0.05, 0) is 30.9 Å². The summed E-state index contributed by atoms with van der Waals surface area (Å²) < 4.78 is 7.34. The lowest BCUT2D eigenvalue weighted by Gasteiger charge is -2.35. The largest absolute Gasteiger partial charge is 0.493 e. The normalized spacial score (nSPS) is 18.4. The highest BCUT2D eigenvalue weighted by Crippen LogP contribution is 2.27. The minimum atomic E-state index is -0.0882. The van der Waals surface area contributed by atoms with E-state index in [-0.39, 0.29) is 17.9 Å². The van der Waals surface area contributed by atoms with Gasteiger partial charge in [0.25, 0.3) is 5.91 Å².